The van der Waals surface area contributed by atoms with Crippen molar-refractivity contribution >= 4 is 29.6 Å². The summed E-state index contributed by atoms with van der Waals surface area (Å²) >= 11 is 0. The van der Waals surface area contributed by atoms with Crippen molar-refractivity contribution in [1.29, 1.82) is 0 Å². The van der Waals surface area contributed by atoms with Gasteiger partial charge in [0.1, 0.15) is 18.0 Å². The fourth-order valence-electron chi connectivity index (χ4n) is 7.46. The third-order valence-electron chi connectivity index (χ3n) is 11.2. The number of aliphatic imine (C=N–C) groups is 2. The minimum atomic E-state index is -0.552. The summed E-state index contributed by atoms with van der Waals surface area (Å²) in [6, 6.07) is 0. The molecule has 0 radical (unpaired) electrons. The average Bonchev–Trinajstić information content (AvgIpc) is 3.58. The maximum atomic E-state index is 13.5. The first-order valence-electron chi connectivity index (χ1n) is 19.7. The highest BCUT2D eigenvalue weighted by atomic mass is 16.2. The highest BCUT2D eigenvalue weighted by molar-refractivity contribution is 5.98. The van der Waals surface area contributed by atoms with Crippen LogP contribution in [0.3, 0.4) is 0 Å². The van der Waals surface area contributed by atoms with E-state index in [1.54, 1.807) is 12.5 Å². The van der Waals surface area contributed by atoms with E-state index in [2.05, 4.69) is 79.0 Å². The molecule has 3 aliphatic heterocycles. The highest BCUT2D eigenvalue weighted by Crippen LogP contribution is 2.43. The van der Waals surface area contributed by atoms with Crippen molar-refractivity contribution in [2.24, 2.45) is 15.4 Å². The van der Waals surface area contributed by atoms with Crippen molar-refractivity contribution in [3.05, 3.63) is 87.9 Å². The first-order chi connectivity index (χ1) is 26.1. The van der Waals surface area contributed by atoms with Crippen LogP contribution in [0, 0.1) is 5.41 Å². The summed E-state index contributed by atoms with van der Waals surface area (Å²) < 4.78 is 0. The van der Waals surface area contributed by atoms with Gasteiger partial charge in [0.15, 0.2) is 5.78 Å². The summed E-state index contributed by atoms with van der Waals surface area (Å²) in [5.74, 6) is 1.66. The van der Waals surface area contributed by atoms with Crippen LogP contribution in [-0.4, -0.2) is 114 Å². The number of Topliss-reactive ketones (excluding diaryl/α,β-unsaturated/α-hetero) is 1. The molecule has 0 bridgehead atoms. The van der Waals surface area contributed by atoms with Gasteiger partial charge in [-0.05, 0) is 110 Å². The zero-order valence-electron chi connectivity index (χ0n) is 32.9. The first-order valence-corrected chi connectivity index (χ1v) is 19.7. The number of nitrogens with zero attached hydrogens (tertiary/aromatic N) is 7. The van der Waals surface area contributed by atoms with Crippen molar-refractivity contribution in [2.45, 2.75) is 72.8 Å². The Morgan fingerprint density at radius 3 is 2.70 bits per heavy atom. The van der Waals surface area contributed by atoms with Crippen LogP contribution in [0.2, 0.25) is 0 Å². The van der Waals surface area contributed by atoms with Gasteiger partial charge in [0.05, 0.1) is 37.0 Å². The van der Waals surface area contributed by atoms with E-state index in [0.717, 1.165) is 103 Å². The van der Waals surface area contributed by atoms with E-state index < -0.39 is 5.41 Å². The van der Waals surface area contributed by atoms with E-state index in [-0.39, 0.29) is 18.2 Å². The number of anilines is 1. The summed E-state index contributed by atoms with van der Waals surface area (Å²) in [4.78, 5) is 52.2. The number of nitrogens with one attached hydrogen (secondary N) is 3. The van der Waals surface area contributed by atoms with Crippen molar-refractivity contribution in [3.63, 3.8) is 0 Å². The number of allylic oxidation sites excluding steroid dienone is 7. The van der Waals surface area contributed by atoms with Gasteiger partial charge in [-0.2, -0.15) is 0 Å². The number of amides is 1. The molecule has 0 saturated carbocycles. The lowest BCUT2D eigenvalue weighted by Crippen LogP contribution is -2.38. The van der Waals surface area contributed by atoms with Crippen molar-refractivity contribution in [1.82, 2.24) is 35.3 Å². The Labute approximate surface area is 321 Å². The number of carbonyl (C=O) groups excluding carboxylic acids is 2. The van der Waals surface area contributed by atoms with Crippen LogP contribution >= 0.6 is 0 Å². The van der Waals surface area contributed by atoms with Gasteiger partial charge in [-0.3, -0.25) is 14.6 Å². The molecule has 54 heavy (non-hydrogen) atoms. The lowest BCUT2D eigenvalue weighted by Gasteiger charge is -2.25. The summed E-state index contributed by atoms with van der Waals surface area (Å²) in [7, 11) is 2.13. The van der Waals surface area contributed by atoms with Crippen LogP contribution in [0.5, 0.6) is 0 Å². The Kier molecular flexibility index (Phi) is 13.2. The predicted octanol–water partition coefficient (Wildman–Crippen LogP) is 4.92. The number of hydrogen-bond donors (Lipinski definition) is 3. The van der Waals surface area contributed by atoms with Gasteiger partial charge in [-0.1, -0.05) is 37.3 Å². The Balaban J connectivity index is 1.03. The minimum absolute atomic E-state index is 0.0489. The number of fused-ring (bicyclic) bond motifs is 1. The number of aromatic nitrogens is 2. The maximum absolute atomic E-state index is 13.5. The lowest BCUT2D eigenvalue weighted by molar-refractivity contribution is -0.134. The highest BCUT2D eigenvalue weighted by Gasteiger charge is 2.44. The van der Waals surface area contributed by atoms with Gasteiger partial charge in [0, 0.05) is 47.7 Å². The molecular weight excluding hydrogens is 677 g/mol. The molecule has 0 atom stereocenters. The molecule has 0 aromatic carbocycles. The standard InChI is InChI=1S/C42H58N10O2/c1-6-50(5)20-10-19-43-28-39-45-25-33-36(26-46-39)47-29-48-40(33)49-35-18-15-31(14-13-30(35)2)38(53)27-44-32-11-9-12-37-34(17-16-32)42(3,4)41(54)52(37)24-23-51-21-7-8-22-51/h9,12-14,16,18,26,29,43-44H,6-8,10-11,15,17,19-25,27-28H2,1-5H3,(H,47,48,49)/b12-9-,32-16+. The van der Waals surface area contributed by atoms with Gasteiger partial charge in [-0.15, -0.1) is 0 Å². The third-order valence-corrected chi connectivity index (χ3v) is 11.2. The fraction of sp³-hybridized carbons (Fsp3) is 0.524. The Bertz CT molecular complexity index is 1820. The molecule has 288 valence electrons. The van der Waals surface area contributed by atoms with Crippen molar-refractivity contribution in [2.75, 3.05) is 71.3 Å². The van der Waals surface area contributed by atoms with Gasteiger partial charge in [-0.25, -0.2) is 15.0 Å². The van der Waals surface area contributed by atoms with Gasteiger partial charge in [0.2, 0.25) is 5.91 Å². The SMILES string of the molecule is CCN(C)CCCNCC1=NCc2c(ncnc2NC2=CCC(C(=O)CN/C3=C/CC4=C(/C=C\C3)N(CCN3CCCC3)C(=O)C4(C)C)=CC=C2C)C=N1. The molecular formula is C42H58N10O2. The topological polar surface area (TPSA) is 130 Å². The average molecular weight is 735 g/mol. The summed E-state index contributed by atoms with van der Waals surface area (Å²) in [5.41, 5.74) is 6.91. The third kappa shape index (κ3) is 9.58. The van der Waals surface area contributed by atoms with E-state index in [4.69, 9.17) is 4.99 Å². The van der Waals surface area contributed by atoms with Crippen LogP contribution < -0.4 is 16.0 Å². The molecule has 1 aromatic heterocycles. The predicted molar refractivity (Wildman–Crippen MR) is 217 cm³/mol. The fourth-order valence-corrected chi connectivity index (χ4v) is 7.46. The van der Waals surface area contributed by atoms with E-state index in [0.29, 0.717) is 38.2 Å². The van der Waals surface area contributed by atoms with Crippen molar-refractivity contribution < 1.29 is 9.59 Å². The van der Waals surface area contributed by atoms with E-state index >= 15 is 0 Å². The molecule has 0 spiro atoms. The number of rotatable bonds is 16. The van der Waals surface area contributed by atoms with Gasteiger partial charge >= 0.3 is 0 Å². The molecule has 1 aromatic rings. The smallest absolute Gasteiger partial charge is 0.236 e. The second kappa shape index (κ2) is 18.2. The lowest BCUT2D eigenvalue weighted by atomic mass is 9.82. The zero-order valence-corrected chi connectivity index (χ0v) is 32.9. The molecule has 1 saturated heterocycles. The van der Waals surface area contributed by atoms with Crippen LogP contribution in [0.25, 0.3) is 0 Å². The summed E-state index contributed by atoms with van der Waals surface area (Å²) in [5, 5.41) is 10.4. The van der Waals surface area contributed by atoms with Crippen LogP contribution in [0.15, 0.2) is 86.6 Å². The summed E-state index contributed by atoms with van der Waals surface area (Å²) in [6.07, 6.45) is 21.1. The zero-order chi connectivity index (χ0) is 38.1. The molecule has 2 aliphatic carbocycles. The monoisotopic (exact) mass is 734 g/mol. The molecule has 6 rings (SSSR count). The van der Waals surface area contributed by atoms with Gasteiger partial charge < -0.3 is 30.7 Å². The Hall–Kier alpha value is -4.52. The van der Waals surface area contributed by atoms with Crippen LogP contribution in [-0.2, 0) is 16.1 Å². The molecule has 12 heteroatoms. The minimum Gasteiger partial charge on any atom is -0.381 e. The molecule has 5 aliphatic rings. The number of ketones is 1. The van der Waals surface area contributed by atoms with E-state index in [1.165, 1.54) is 12.8 Å². The Morgan fingerprint density at radius 2 is 1.89 bits per heavy atom. The number of amidine groups is 1. The van der Waals surface area contributed by atoms with Crippen molar-refractivity contribution in [3.8, 4) is 0 Å². The normalized spacial score (nSPS) is 21.5. The molecule has 4 heterocycles. The summed E-state index contributed by atoms with van der Waals surface area (Å²) in [6.45, 7) is 16.4. The molecule has 0 unspecified atom stereocenters. The number of likely N-dealkylation sites (tertiary alicyclic amines) is 1. The second-order valence-corrected chi connectivity index (χ2v) is 15.3. The Morgan fingerprint density at radius 1 is 1.06 bits per heavy atom. The van der Waals surface area contributed by atoms with Gasteiger partial charge in [0.25, 0.3) is 0 Å². The molecule has 3 N–H and O–H groups in total. The molecule has 12 nitrogen and oxygen atoms in total. The number of hydrogen-bond acceptors (Lipinski definition) is 11. The largest absolute Gasteiger partial charge is 0.381 e. The van der Waals surface area contributed by atoms with E-state index in [9.17, 15) is 9.59 Å². The first kappa shape index (κ1) is 39.2. The van der Waals surface area contributed by atoms with Crippen LogP contribution in [0.4, 0.5) is 5.82 Å². The quantitative estimate of drug-likeness (QED) is 0.203. The number of carbonyl (C=O) groups is 2. The van der Waals surface area contributed by atoms with Crippen LogP contribution in [0.1, 0.15) is 77.5 Å². The maximum Gasteiger partial charge on any atom is 0.236 e. The van der Waals surface area contributed by atoms with E-state index in [1.807, 2.05) is 37.8 Å². The molecule has 1 amide bonds. The molecule has 1 fully saturated rings. The second-order valence-electron chi connectivity index (χ2n) is 15.3.